The number of halogens is 1. The number of para-hydroxylation sites is 1. The molecule has 21 heavy (non-hydrogen) atoms. The quantitative estimate of drug-likeness (QED) is 0.547. The molecular weight excluding hydrogens is 273 g/mol. The Kier molecular flexibility index (Phi) is 3.42. The lowest BCUT2D eigenvalue weighted by atomic mass is 10.3. The SMILES string of the molecule is O=C(Oc1cccc(F)c1)c1cnn(-c2ccccc2)n1. The van der Waals surface area contributed by atoms with Gasteiger partial charge in [0.05, 0.1) is 11.9 Å². The molecular formula is C15H10FN3O2. The maximum Gasteiger partial charge on any atom is 0.365 e. The average molecular weight is 283 g/mol. The molecule has 0 aliphatic rings. The van der Waals surface area contributed by atoms with Crippen molar-refractivity contribution >= 4 is 5.97 Å². The highest BCUT2D eigenvalue weighted by atomic mass is 19.1. The van der Waals surface area contributed by atoms with E-state index in [1.54, 1.807) is 0 Å². The van der Waals surface area contributed by atoms with Crippen LogP contribution in [0.4, 0.5) is 4.39 Å². The van der Waals surface area contributed by atoms with E-state index in [9.17, 15) is 9.18 Å². The first kappa shape index (κ1) is 13.0. The molecule has 0 bridgehead atoms. The molecule has 1 aromatic heterocycles. The van der Waals surface area contributed by atoms with Crippen molar-refractivity contribution in [1.29, 1.82) is 0 Å². The summed E-state index contributed by atoms with van der Waals surface area (Å²) < 4.78 is 18.1. The highest BCUT2D eigenvalue weighted by Gasteiger charge is 2.14. The maximum absolute atomic E-state index is 13.0. The van der Waals surface area contributed by atoms with Crippen molar-refractivity contribution in [1.82, 2.24) is 15.0 Å². The lowest BCUT2D eigenvalue weighted by Crippen LogP contribution is -2.10. The van der Waals surface area contributed by atoms with Crippen molar-refractivity contribution < 1.29 is 13.9 Å². The smallest absolute Gasteiger partial charge is 0.365 e. The fraction of sp³-hybridized carbons (Fsp3) is 0. The molecule has 3 rings (SSSR count). The summed E-state index contributed by atoms with van der Waals surface area (Å²) in [5.41, 5.74) is 0.769. The van der Waals surface area contributed by atoms with Crippen LogP contribution in [0.25, 0.3) is 5.69 Å². The molecule has 0 atom stereocenters. The summed E-state index contributed by atoms with van der Waals surface area (Å²) in [6.07, 6.45) is 1.30. The van der Waals surface area contributed by atoms with E-state index >= 15 is 0 Å². The van der Waals surface area contributed by atoms with Gasteiger partial charge in [0.1, 0.15) is 11.6 Å². The fourth-order valence-corrected chi connectivity index (χ4v) is 1.73. The zero-order valence-electron chi connectivity index (χ0n) is 10.8. The minimum atomic E-state index is -0.692. The first-order chi connectivity index (χ1) is 10.2. The third-order valence-corrected chi connectivity index (χ3v) is 2.69. The summed E-state index contributed by atoms with van der Waals surface area (Å²) in [7, 11) is 0. The second-order valence-corrected chi connectivity index (χ2v) is 4.20. The summed E-state index contributed by atoms with van der Waals surface area (Å²) in [4.78, 5) is 13.2. The van der Waals surface area contributed by atoms with Crippen molar-refractivity contribution in [2.24, 2.45) is 0 Å². The van der Waals surface area contributed by atoms with Crippen molar-refractivity contribution in [2.45, 2.75) is 0 Å². The second kappa shape index (κ2) is 5.54. The standard InChI is InChI=1S/C15H10FN3O2/c16-11-5-4-8-13(9-11)21-15(20)14-10-17-19(18-14)12-6-2-1-3-7-12/h1-10H. The van der Waals surface area contributed by atoms with Gasteiger partial charge < -0.3 is 4.74 Å². The molecule has 2 aromatic carbocycles. The number of carbonyl (C=O) groups excluding carboxylic acids is 1. The third kappa shape index (κ3) is 2.94. The van der Waals surface area contributed by atoms with Gasteiger partial charge in [-0.3, -0.25) is 0 Å². The number of aromatic nitrogens is 3. The second-order valence-electron chi connectivity index (χ2n) is 4.20. The first-order valence-electron chi connectivity index (χ1n) is 6.18. The molecule has 0 N–H and O–H groups in total. The number of hydrogen-bond acceptors (Lipinski definition) is 4. The van der Waals surface area contributed by atoms with Gasteiger partial charge in [0.25, 0.3) is 0 Å². The van der Waals surface area contributed by atoms with Crippen molar-refractivity contribution in [3.63, 3.8) is 0 Å². The zero-order chi connectivity index (χ0) is 14.7. The molecule has 1 heterocycles. The number of hydrogen-bond donors (Lipinski definition) is 0. The van der Waals surface area contributed by atoms with E-state index in [1.165, 1.54) is 29.2 Å². The minimum Gasteiger partial charge on any atom is -0.422 e. The summed E-state index contributed by atoms with van der Waals surface area (Å²) in [5, 5.41) is 8.03. The molecule has 0 aliphatic carbocycles. The molecule has 0 saturated carbocycles. The predicted octanol–water partition coefficient (Wildman–Crippen LogP) is 2.63. The monoisotopic (exact) mass is 283 g/mol. The number of esters is 1. The van der Waals surface area contributed by atoms with Crippen LogP contribution in [0, 0.1) is 5.82 Å². The van der Waals surface area contributed by atoms with Crippen LogP contribution < -0.4 is 4.74 Å². The average Bonchev–Trinajstić information content (AvgIpc) is 2.98. The zero-order valence-corrected chi connectivity index (χ0v) is 10.8. The van der Waals surface area contributed by atoms with Crippen LogP contribution in [0.1, 0.15) is 10.5 Å². The van der Waals surface area contributed by atoms with E-state index < -0.39 is 11.8 Å². The molecule has 3 aromatic rings. The molecule has 0 amide bonds. The Morgan fingerprint density at radius 2 is 1.90 bits per heavy atom. The highest BCUT2D eigenvalue weighted by Crippen LogP contribution is 2.13. The van der Waals surface area contributed by atoms with Crippen molar-refractivity contribution in [3.05, 3.63) is 72.3 Å². The Bertz CT molecular complexity index is 771. The molecule has 6 heteroatoms. The molecule has 0 fully saturated rings. The van der Waals surface area contributed by atoms with Gasteiger partial charge in [0, 0.05) is 6.07 Å². The van der Waals surface area contributed by atoms with E-state index in [0.717, 1.165) is 11.8 Å². The van der Waals surface area contributed by atoms with Gasteiger partial charge >= 0.3 is 5.97 Å². The predicted molar refractivity (Wildman–Crippen MR) is 72.7 cm³/mol. The van der Waals surface area contributed by atoms with Crippen LogP contribution in [0.2, 0.25) is 0 Å². The number of nitrogens with zero attached hydrogens (tertiary/aromatic N) is 3. The maximum atomic E-state index is 13.0. The van der Waals surface area contributed by atoms with Crippen LogP contribution in [-0.4, -0.2) is 21.0 Å². The third-order valence-electron chi connectivity index (χ3n) is 2.69. The van der Waals surface area contributed by atoms with Crippen molar-refractivity contribution in [3.8, 4) is 11.4 Å². The Balaban J connectivity index is 1.78. The van der Waals surface area contributed by atoms with Gasteiger partial charge in [-0.1, -0.05) is 24.3 Å². The normalized spacial score (nSPS) is 10.3. The number of carbonyl (C=O) groups is 1. The topological polar surface area (TPSA) is 57.0 Å². The van der Waals surface area contributed by atoms with Gasteiger partial charge in [-0.15, -0.1) is 5.10 Å². The molecule has 0 spiro atoms. The fourth-order valence-electron chi connectivity index (χ4n) is 1.73. The Hall–Kier alpha value is -3.02. The van der Waals surface area contributed by atoms with Crippen LogP contribution in [-0.2, 0) is 0 Å². The molecule has 104 valence electrons. The van der Waals surface area contributed by atoms with Crippen LogP contribution in [0.3, 0.4) is 0 Å². The molecule has 5 nitrogen and oxygen atoms in total. The summed E-state index contributed by atoms with van der Waals surface area (Å²) in [6.45, 7) is 0. The van der Waals surface area contributed by atoms with Gasteiger partial charge in [0.2, 0.25) is 0 Å². The lowest BCUT2D eigenvalue weighted by molar-refractivity contribution is 0.0727. The molecule has 0 saturated heterocycles. The van der Waals surface area contributed by atoms with Gasteiger partial charge in [-0.05, 0) is 24.3 Å². The van der Waals surface area contributed by atoms with Crippen LogP contribution >= 0.6 is 0 Å². The number of benzene rings is 2. The Labute approximate surface area is 119 Å². The molecule has 0 radical (unpaired) electrons. The Morgan fingerprint density at radius 1 is 1.10 bits per heavy atom. The van der Waals surface area contributed by atoms with Crippen molar-refractivity contribution in [2.75, 3.05) is 0 Å². The number of rotatable bonds is 3. The number of ether oxygens (including phenoxy) is 1. The molecule has 0 unspecified atom stereocenters. The lowest BCUT2D eigenvalue weighted by Gasteiger charge is -2.01. The van der Waals surface area contributed by atoms with Gasteiger partial charge in [-0.25, -0.2) is 9.18 Å². The largest absolute Gasteiger partial charge is 0.422 e. The van der Waals surface area contributed by atoms with Gasteiger partial charge in [0.15, 0.2) is 5.69 Å². The summed E-state index contributed by atoms with van der Waals surface area (Å²) in [6, 6.07) is 14.5. The van der Waals surface area contributed by atoms with E-state index in [2.05, 4.69) is 10.2 Å². The summed E-state index contributed by atoms with van der Waals surface area (Å²) >= 11 is 0. The van der Waals surface area contributed by atoms with Gasteiger partial charge in [-0.2, -0.15) is 9.90 Å². The highest BCUT2D eigenvalue weighted by molar-refractivity contribution is 5.88. The summed E-state index contributed by atoms with van der Waals surface area (Å²) in [5.74, 6) is -1.05. The van der Waals surface area contributed by atoms with Crippen LogP contribution in [0.15, 0.2) is 60.8 Å². The minimum absolute atomic E-state index is 0.0446. The van der Waals surface area contributed by atoms with E-state index in [4.69, 9.17) is 4.74 Å². The van der Waals surface area contributed by atoms with Crippen LogP contribution in [0.5, 0.6) is 5.75 Å². The first-order valence-corrected chi connectivity index (χ1v) is 6.18. The molecule has 0 aliphatic heterocycles. The Morgan fingerprint density at radius 3 is 2.67 bits per heavy atom. The van der Waals surface area contributed by atoms with E-state index in [0.29, 0.717) is 0 Å². The van der Waals surface area contributed by atoms with E-state index in [-0.39, 0.29) is 11.4 Å². The van der Waals surface area contributed by atoms with E-state index in [1.807, 2.05) is 30.3 Å².